The van der Waals surface area contributed by atoms with Crippen molar-refractivity contribution in [3.8, 4) is 0 Å². The molecule has 22 heavy (non-hydrogen) atoms. The van der Waals surface area contributed by atoms with E-state index in [2.05, 4.69) is 10.6 Å². The first kappa shape index (κ1) is 23.0. The third-order valence-corrected chi connectivity index (χ3v) is 9.28. The summed E-state index contributed by atoms with van der Waals surface area (Å²) in [6, 6.07) is 0. The summed E-state index contributed by atoms with van der Waals surface area (Å²) in [5.41, 5.74) is 0. The number of rotatable bonds is 3. The van der Waals surface area contributed by atoms with Crippen molar-refractivity contribution in [2.75, 3.05) is 41.3 Å². The lowest BCUT2D eigenvalue weighted by atomic mass is 10.6. The van der Waals surface area contributed by atoms with Crippen molar-refractivity contribution < 1.29 is 0 Å². The van der Waals surface area contributed by atoms with Crippen molar-refractivity contribution in [3.05, 3.63) is 0 Å². The van der Waals surface area contributed by atoms with E-state index in [0.29, 0.717) is 21.7 Å². The van der Waals surface area contributed by atoms with Gasteiger partial charge in [0.15, 0.2) is 0 Å². The molecule has 0 unspecified atom stereocenters. The molecular formula is C10H18N4S8. The van der Waals surface area contributed by atoms with E-state index in [0.717, 1.165) is 8.64 Å². The molecule has 0 rings (SSSR count). The fraction of sp³-hybridized carbons (Fsp3) is 0.600. The normalized spacial score (nSPS) is 9.82. The van der Waals surface area contributed by atoms with Gasteiger partial charge in [-0.1, -0.05) is 48.9 Å². The Labute approximate surface area is 169 Å². The standard InChI is InChI=1S/C10H18N4S8/c1-13(2)9(17)21-19-7(15)11-5-6-12-8(16)20-22-10(18)14(3)4/h5-6H2,1-4H3,(H,11,15)(H,12,16). The summed E-state index contributed by atoms with van der Waals surface area (Å²) < 4.78 is 2.99. The van der Waals surface area contributed by atoms with Crippen LogP contribution in [0.1, 0.15) is 0 Å². The predicted molar refractivity (Wildman–Crippen MR) is 124 cm³/mol. The van der Waals surface area contributed by atoms with Gasteiger partial charge in [-0.25, -0.2) is 0 Å². The molecule has 0 aliphatic heterocycles. The van der Waals surface area contributed by atoms with Crippen molar-refractivity contribution in [2.45, 2.75) is 0 Å². The number of hydrogen-bond donors (Lipinski definition) is 2. The van der Waals surface area contributed by atoms with Crippen LogP contribution in [0.2, 0.25) is 0 Å². The highest BCUT2D eigenvalue weighted by atomic mass is 33.1. The molecule has 0 aliphatic rings. The lowest BCUT2D eigenvalue weighted by Gasteiger charge is -2.14. The zero-order chi connectivity index (χ0) is 17.1. The lowest BCUT2D eigenvalue weighted by Crippen LogP contribution is -2.31. The molecule has 0 spiro atoms. The zero-order valence-electron chi connectivity index (χ0n) is 12.6. The molecule has 12 heteroatoms. The van der Waals surface area contributed by atoms with Crippen molar-refractivity contribution >= 4 is 109 Å². The van der Waals surface area contributed by atoms with Gasteiger partial charge in [-0.15, -0.1) is 0 Å². The summed E-state index contributed by atoms with van der Waals surface area (Å²) in [6.45, 7) is 1.40. The third kappa shape index (κ3) is 12.4. The average molecular weight is 451 g/mol. The average Bonchev–Trinajstić information content (AvgIpc) is 2.46. The van der Waals surface area contributed by atoms with Crippen molar-refractivity contribution in [1.29, 1.82) is 0 Å². The highest BCUT2D eigenvalue weighted by Gasteiger charge is 2.05. The SMILES string of the molecule is CN(C)C(=S)SSC(=S)NCCNC(=S)SSC(=S)N(C)C. The van der Waals surface area contributed by atoms with Crippen LogP contribution in [-0.2, 0) is 0 Å². The molecule has 0 aromatic heterocycles. The highest BCUT2D eigenvalue weighted by Crippen LogP contribution is 2.25. The van der Waals surface area contributed by atoms with E-state index in [1.807, 2.05) is 38.0 Å². The van der Waals surface area contributed by atoms with Gasteiger partial charge in [-0.2, -0.15) is 0 Å². The first-order valence-corrected chi connectivity index (χ1v) is 11.8. The molecule has 0 aliphatic carbocycles. The molecule has 0 amide bonds. The van der Waals surface area contributed by atoms with Gasteiger partial charge in [0.1, 0.15) is 17.3 Å². The maximum atomic E-state index is 5.21. The molecular weight excluding hydrogens is 433 g/mol. The molecule has 0 fully saturated rings. The Morgan fingerprint density at radius 2 is 1.00 bits per heavy atom. The summed E-state index contributed by atoms with van der Waals surface area (Å²) in [7, 11) is 13.5. The minimum atomic E-state index is 0.699. The van der Waals surface area contributed by atoms with Crippen LogP contribution in [-0.4, -0.2) is 68.4 Å². The van der Waals surface area contributed by atoms with Gasteiger partial charge in [-0.3, -0.25) is 0 Å². The Hall–Kier alpha value is 0.960. The minimum Gasteiger partial charge on any atom is -0.369 e. The molecule has 0 heterocycles. The van der Waals surface area contributed by atoms with E-state index in [1.54, 1.807) is 0 Å². The molecule has 2 N–H and O–H groups in total. The summed E-state index contributed by atoms with van der Waals surface area (Å²) in [6.07, 6.45) is 0. The van der Waals surface area contributed by atoms with Gasteiger partial charge in [0.2, 0.25) is 0 Å². The van der Waals surface area contributed by atoms with Crippen LogP contribution in [0.3, 0.4) is 0 Å². The number of nitrogens with one attached hydrogen (secondary N) is 2. The Kier molecular flexibility index (Phi) is 13.9. The summed E-state index contributed by atoms with van der Waals surface area (Å²) in [5.74, 6) is 0. The van der Waals surface area contributed by atoms with Gasteiger partial charge in [0.25, 0.3) is 0 Å². The third-order valence-electron chi connectivity index (χ3n) is 1.77. The van der Waals surface area contributed by atoms with E-state index in [1.165, 1.54) is 43.2 Å². The number of thiocarbonyl (C=S) groups is 4. The van der Waals surface area contributed by atoms with Crippen LogP contribution >= 0.6 is 92.0 Å². The monoisotopic (exact) mass is 450 g/mol. The van der Waals surface area contributed by atoms with Crippen molar-refractivity contribution in [2.24, 2.45) is 0 Å². The van der Waals surface area contributed by atoms with Gasteiger partial charge in [-0.05, 0) is 43.2 Å². The second kappa shape index (κ2) is 13.3. The Bertz CT molecular complexity index is 374. The predicted octanol–water partition coefficient (Wildman–Crippen LogP) is 3.19. The van der Waals surface area contributed by atoms with Crippen LogP contribution < -0.4 is 10.6 Å². The van der Waals surface area contributed by atoms with E-state index in [4.69, 9.17) is 48.9 Å². The van der Waals surface area contributed by atoms with E-state index in [9.17, 15) is 0 Å². The Morgan fingerprint density at radius 3 is 1.27 bits per heavy atom. The number of nitrogens with zero attached hydrogens (tertiary/aromatic N) is 2. The second-order valence-corrected chi connectivity index (χ2v) is 11.0. The zero-order valence-corrected chi connectivity index (χ0v) is 19.1. The second-order valence-electron chi connectivity index (χ2n) is 4.08. The molecule has 0 atom stereocenters. The fourth-order valence-electron chi connectivity index (χ4n) is 0.684. The number of hydrogen-bond acceptors (Lipinski definition) is 8. The molecule has 126 valence electrons. The molecule has 4 nitrogen and oxygen atoms in total. The van der Waals surface area contributed by atoms with Crippen LogP contribution in [0.4, 0.5) is 0 Å². The molecule has 0 saturated carbocycles. The Morgan fingerprint density at radius 1 is 0.682 bits per heavy atom. The van der Waals surface area contributed by atoms with Gasteiger partial charge in [0.05, 0.1) is 0 Å². The van der Waals surface area contributed by atoms with Gasteiger partial charge < -0.3 is 20.4 Å². The van der Waals surface area contributed by atoms with E-state index >= 15 is 0 Å². The molecule has 0 saturated heterocycles. The fourth-order valence-corrected chi connectivity index (χ4v) is 5.16. The Balaban J connectivity index is 3.67. The van der Waals surface area contributed by atoms with Crippen LogP contribution in [0.5, 0.6) is 0 Å². The summed E-state index contributed by atoms with van der Waals surface area (Å²) in [4.78, 5) is 3.76. The van der Waals surface area contributed by atoms with Gasteiger partial charge >= 0.3 is 0 Å². The highest BCUT2D eigenvalue weighted by molar-refractivity contribution is 8.90. The van der Waals surface area contributed by atoms with Gasteiger partial charge in [0, 0.05) is 41.3 Å². The molecule has 0 bridgehead atoms. The van der Waals surface area contributed by atoms with Crippen LogP contribution in [0.15, 0.2) is 0 Å². The minimum absolute atomic E-state index is 0.699. The summed E-state index contributed by atoms with van der Waals surface area (Å²) >= 11 is 20.8. The largest absolute Gasteiger partial charge is 0.369 e. The maximum absolute atomic E-state index is 5.21. The topological polar surface area (TPSA) is 30.5 Å². The van der Waals surface area contributed by atoms with Crippen LogP contribution in [0, 0.1) is 0 Å². The molecule has 0 aromatic carbocycles. The molecule has 0 radical (unpaired) electrons. The lowest BCUT2D eigenvalue weighted by molar-refractivity contribution is 0.648. The van der Waals surface area contributed by atoms with Crippen LogP contribution in [0.25, 0.3) is 0 Å². The smallest absolute Gasteiger partial charge is 0.146 e. The van der Waals surface area contributed by atoms with E-state index < -0.39 is 0 Å². The first-order chi connectivity index (χ1) is 10.2. The van der Waals surface area contributed by atoms with Crippen molar-refractivity contribution in [3.63, 3.8) is 0 Å². The maximum Gasteiger partial charge on any atom is 0.146 e. The first-order valence-electron chi connectivity index (χ1n) is 5.91. The summed E-state index contributed by atoms with van der Waals surface area (Å²) in [5, 5.41) is 6.28. The van der Waals surface area contributed by atoms with E-state index in [-0.39, 0.29) is 0 Å². The molecule has 0 aromatic rings. The van der Waals surface area contributed by atoms with Crippen molar-refractivity contribution in [1.82, 2.24) is 20.4 Å². The quantitative estimate of drug-likeness (QED) is 0.376.